The van der Waals surface area contributed by atoms with Gasteiger partial charge >= 0.3 is 0 Å². The van der Waals surface area contributed by atoms with E-state index in [0.29, 0.717) is 29.1 Å². The lowest BCUT2D eigenvalue weighted by Gasteiger charge is -2.15. The molecule has 1 aliphatic heterocycles. The Morgan fingerprint density at radius 3 is 2.91 bits per heavy atom. The summed E-state index contributed by atoms with van der Waals surface area (Å²) in [7, 11) is 0. The summed E-state index contributed by atoms with van der Waals surface area (Å²) in [6.45, 7) is 2.22. The molecule has 0 N–H and O–H groups in total. The van der Waals surface area contributed by atoms with E-state index in [-0.39, 0.29) is 17.6 Å². The number of oxazole rings is 1. The Morgan fingerprint density at radius 1 is 1.17 bits per heavy atom. The number of rotatable bonds is 3. The first-order valence-electron chi connectivity index (χ1n) is 7.71. The highest BCUT2D eigenvalue weighted by Gasteiger charge is 2.28. The van der Waals surface area contributed by atoms with E-state index in [1.807, 2.05) is 12.1 Å². The van der Waals surface area contributed by atoms with E-state index < -0.39 is 0 Å². The molecule has 1 saturated heterocycles. The van der Waals surface area contributed by atoms with Crippen LogP contribution in [0.1, 0.15) is 23.8 Å². The maximum Gasteiger partial charge on any atom is 0.199 e. The normalized spacial score (nSPS) is 18.8. The summed E-state index contributed by atoms with van der Waals surface area (Å²) in [6, 6.07) is 11.2. The van der Waals surface area contributed by atoms with Gasteiger partial charge in [-0.25, -0.2) is 13.8 Å². The van der Waals surface area contributed by atoms with Crippen molar-refractivity contribution in [2.75, 3.05) is 13.1 Å². The molecule has 2 aromatic carbocycles. The fraction of sp³-hybridized carbons (Fsp3) is 0.278. The summed E-state index contributed by atoms with van der Waals surface area (Å²) in [5, 5.41) is 0. The van der Waals surface area contributed by atoms with Gasteiger partial charge in [0.25, 0.3) is 0 Å². The van der Waals surface area contributed by atoms with E-state index in [1.54, 1.807) is 12.1 Å². The van der Waals surface area contributed by atoms with Crippen LogP contribution in [-0.4, -0.2) is 23.0 Å². The number of benzene rings is 2. The van der Waals surface area contributed by atoms with Crippen LogP contribution < -0.4 is 0 Å². The van der Waals surface area contributed by atoms with Crippen LogP contribution in [0.5, 0.6) is 0 Å². The van der Waals surface area contributed by atoms with Crippen LogP contribution in [0.4, 0.5) is 8.78 Å². The van der Waals surface area contributed by atoms with E-state index in [0.717, 1.165) is 19.5 Å². The molecule has 0 unspecified atom stereocenters. The maximum absolute atomic E-state index is 13.7. The van der Waals surface area contributed by atoms with Gasteiger partial charge in [-0.3, -0.25) is 4.90 Å². The molecule has 3 nitrogen and oxygen atoms in total. The minimum Gasteiger partial charge on any atom is -0.440 e. The highest BCUT2D eigenvalue weighted by molar-refractivity contribution is 5.72. The number of halogens is 2. The number of hydrogen-bond donors (Lipinski definition) is 0. The molecular weight excluding hydrogens is 298 g/mol. The van der Waals surface area contributed by atoms with Gasteiger partial charge in [0.2, 0.25) is 0 Å². The summed E-state index contributed by atoms with van der Waals surface area (Å²) in [5.41, 5.74) is 1.86. The van der Waals surface area contributed by atoms with Crippen molar-refractivity contribution in [1.82, 2.24) is 9.88 Å². The zero-order valence-electron chi connectivity index (χ0n) is 12.5. The van der Waals surface area contributed by atoms with Crippen LogP contribution in [0.3, 0.4) is 0 Å². The fourth-order valence-electron chi connectivity index (χ4n) is 3.14. The topological polar surface area (TPSA) is 29.3 Å². The molecule has 4 rings (SSSR count). The van der Waals surface area contributed by atoms with Crippen LogP contribution in [0.15, 0.2) is 46.9 Å². The van der Waals surface area contributed by atoms with E-state index in [1.165, 1.54) is 18.2 Å². The monoisotopic (exact) mass is 314 g/mol. The minimum atomic E-state index is -0.315. The molecule has 0 saturated carbocycles. The lowest BCUT2D eigenvalue weighted by Crippen LogP contribution is -2.20. The van der Waals surface area contributed by atoms with Crippen molar-refractivity contribution in [2.24, 2.45) is 0 Å². The third-order valence-electron chi connectivity index (χ3n) is 4.34. The Bertz CT molecular complexity index is 846. The van der Waals surface area contributed by atoms with Gasteiger partial charge in [0, 0.05) is 30.6 Å². The molecule has 1 fully saturated rings. The van der Waals surface area contributed by atoms with Crippen molar-refractivity contribution in [3.63, 3.8) is 0 Å². The third-order valence-corrected chi connectivity index (χ3v) is 4.34. The number of likely N-dealkylation sites (tertiary alicyclic amines) is 1. The summed E-state index contributed by atoms with van der Waals surface area (Å²) >= 11 is 0. The number of fused-ring (bicyclic) bond motifs is 1. The lowest BCUT2D eigenvalue weighted by atomic mass is 10.1. The molecule has 118 valence electrons. The van der Waals surface area contributed by atoms with Gasteiger partial charge in [-0.1, -0.05) is 18.2 Å². The number of hydrogen-bond acceptors (Lipinski definition) is 3. The lowest BCUT2D eigenvalue weighted by molar-refractivity contribution is 0.315. The van der Waals surface area contributed by atoms with Crippen LogP contribution in [0.2, 0.25) is 0 Å². The summed E-state index contributed by atoms with van der Waals surface area (Å²) in [4.78, 5) is 6.60. The van der Waals surface area contributed by atoms with E-state index in [9.17, 15) is 8.78 Å². The zero-order chi connectivity index (χ0) is 15.8. The molecular formula is C18H16F2N2O. The molecule has 23 heavy (non-hydrogen) atoms. The Labute approximate surface area is 132 Å². The van der Waals surface area contributed by atoms with Crippen molar-refractivity contribution >= 4 is 11.1 Å². The van der Waals surface area contributed by atoms with Crippen molar-refractivity contribution in [1.29, 1.82) is 0 Å². The van der Waals surface area contributed by atoms with Gasteiger partial charge < -0.3 is 4.42 Å². The van der Waals surface area contributed by atoms with Gasteiger partial charge in [-0.05, 0) is 31.2 Å². The van der Waals surface area contributed by atoms with Crippen LogP contribution in [0, 0.1) is 11.6 Å². The number of aromatic nitrogens is 1. The quantitative estimate of drug-likeness (QED) is 0.729. The molecule has 0 aliphatic carbocycles. The molecule has 0 spiro atoms. The van der Waals surface area contributed by atoms with Crippen molar-refractivity contribution in [3.05, 3.63) is 65.6 Å². The standard InChI is InChI=1S/C18H16F2N2O/c19-14-5-6-17-16(9-14)21-18(23-17)13-7-8-22(11-13)10-12-3-1-2-4-15(12)20/h1-6,9,13H,7-8,10-11H2/t13-/m0/s1. The van der Waals surface area contributed by atoms with Crippen molar-refractivity contribution in [2.45, 2.75) is 18.9 Å². The SMILES string of the molecule is Fc1ccc2oc([C@H]3CCN(Cc4ccccc4F)C3)nc2c1. The molecule has 0 bridgehead atoms. The predicted molar refractivity (Wildman–Crippen MR) is 83.0 cm³/mol. The smallest absolute Gasteiger partial charge is 0.199 e. The largest absolute Gasteiger partial charge is 0.440 e. The molecule has 2 heterocycles. The predicted octanol–water partition coefficient (Wildman–Crippen LogP) is 4.10. The molecule has 5 heteroatoms. The van der Waals surface area contributed by atoms with Gasteiger partial charge in [-0.15, -0.1) is 0 Å². The highest BCUT2D eigenvalue weighted by atomic mass is 19.1. The molecule has 1 atom stereocenters. The van der Waals surface area contributed by atoms with Gasteiger partial charge in [-0.2, -0.15) is 0 Å². The second-order valence-corrected chi connectivity index (χ2v) is 5.98. The van der Waals surface area contributed by atoms with Gasteiger partial charge in [0.05, 0.1) is 0 Å². The Balaban J connectivity index is 1.50. The second-order valence-electron chi connectivity index (χ2n) is 5.98. The average Bonchev–Trinajstić information content (AvgIpc) is 3.15. The van der Waals surface area contributed by atoms with E-state index in [2.05, 4.69) is 9.88 Å². The van der Waals surface area contributed by atoms with Crippen molar-refractivity contribution in [3.8, 4) is 0 Å². The average molecular weight is 314 g/mol. The Hall–Kier alpha value is -2.27. The first-order chi connectivity index (χ1) is 11.2. The van der Waals surface area contributed by atoms with E-state index in [4.69, 9.17) is 4.42 Å². The first kappa shape index (κ1) is 14.3. The third kappa shape index (κ3) is 2.84. The summed E-state index contributed by atoms with van der Waals surface area (Å²) in [5.74, 6) is 0.317. The zero-order valence-corrected chi connectivity index (χ0v) is 12.5. The number of nitrogens with zero attached hydrogens (tertiary/aromatic N) is 2. The van der Waals surface area contributed by atoms with Crippen LogP contribution in [0.25, 0.3) is 11.1 Å². The Kier molecular flexibility index (Phi) is 3.58. The van der Waals surface area contributed by atoms with Gasteiger partial charge in [0.1, 0.15) is 17.2 Å². The molecule has 0 amide bonds. The van der Waals surface area contributed by atoms with Crippen molar-refractivity contribution < 1.29 is 13.2 Å². The maximum atomic E-state index is 13.7. The molecule has 0 radical (unpaired) electrons. The molecule has 3 aromatic rings. The fourth-order valence-corrected chi connectivity index (χ4v) is 3.14. The molecule has 1 aromatic heterocycles. The van der Waals surface area contributed by atoms with Crippen LogP contribution in [-0.2, 0) is 6.54 Å². The molecule has 1 aliphatic rings. The highest BCUT2D eigenvalue weighted by Crippen LogP contribution is 2.30. The summed E-state index contributed by atoms with van der Waals surface area (Å²) < 4.78 is 32.7. The first-order valence-corrected chi connectivity index (χ1v) is 7.71. The van der Waals surface area contributed by atoms with Gasteiger partial charge in [0.15, 0.2) is 11.5 Å². The van der Waals surface area contributed by atoms with E-state index >= 15 is 0 Å². The summed E-state index contributed by atoms with van der Waals surface area (Å²) in [6.07, 6.45) is 0.907. The minimum absolute atomic E-state index is 0.164. The van der Waals surface area contributed by atoms with Crippen LogP contribution >= 0.6 is 0 Å². The Morgan fingerprint density at radius 2 is 2.04 bits per heavy atom. The second kappa shape index (κ2) is 5.74.